The summed E-state index contributed by atoms with van der Waals surface area (Å²) in [5.41, 5.74) is 6.34. The zero-order chi connectivity index (χ0) is 14.9. The van der Waals surface area contributed by atoms with Crippen molar-refractivity contribution in [3.05, 3.63) is 0 Å². The minimum absolute atomic E-state index is 0.197. The van der Waals surface area contributed by atoms with Crippen molar-refractivity contribution in [1.82, 2.24) is 5.32 Å². The van der Waals surface area contributed by atoms with Gasteiger partial charge in [-0.3, -0.25) is 4.79 Å². The van der Waals surface area contributed by atoms with Crippen LogP contribution in [0.3, 0.4) is 0 Å². The van der Waals surface area contributed by atoms with Gasteiger partial charge in [0.05, 0.1) is 0 Å². The predicted octanol–water partition coefficient (Wildman–Crippen LogP) is 3.08. The van der Waals surface area contributed by atoms with E-state index in [1.54, 1.807) is 0 Å². The van der Waals surface area contributed by atoms with E-state index in [1.807, 2.05) is 0 Å². The quantitative estimate of drug-likeness (QED) is 0.834. The van der Waals surface area contributed by atoms with Gasteiger partial charge >= 0.3 is 0 Å². The van der Waals surface area contributed by atoms with E-state index in [0.717, 1.165) is 12.8 Å². The van der Waals surface area contributed by atoms with Gasteiger partial charge in [0.2, 0.25) is 5.91 Å². The average molecular weight is 280 g/mol. The third-order valence-corrected chi connectivity index (χ3v) is 5.67. The maximum atomic E-state index is 12.3. The van der Waals surface area contributed by atoms with Crippen molar-refractivity contribution in [2.75, 3.05) is 0 Å². The van der Waals surface area contributed by atoms with Crippen molar-refractivity contribution < 1.29 is 4.79 Å². The van der Waals surface area contributed by atoms with Crippen LogP contribution >= 0.6 is 0 Å². The summed E-state index contributed by atoms with van der Waals surface area (Å²) in [4.78, 5) is 12.3. The summed E-state index contributed by atoms with van der Waals surface area (Å²) >= 11 is 0. The van der Waals surface area contributed by atoms with Crippen molar-refractivity contribution in [1.29, 1.82) is 0 Å². The fourth-order valence-corrected chi connectivity index (χ4v) is 3.85. The summed E-state index contributed by atoms with van der Waals surface area (Å²) in [5.74, 6) is 1.88. The lowest BCUT2D eigenvalue weighted by Gasteiger charge is -2.45. The molecule has 1 amide bonds. The SMILES string of the molecule is CC(CC(=O)NC1C2CCCC1CC(N)C2)C(C)(C)C. The Labute approximate surface area is 124 Å². The monoisotopic (exact) mass is 280 g/mol. The molecule has 2 saturated carbocycles. The number of nitrogens with one attached hydrogen (secondary N) is 1. The van der Waals surface area contributed by atoms with Gasteiger partial charge in [-0.15, -0.1) is 0 Å². The first-order chi connectivity index (χ1) is 9.27. The lowest BCUT2D eigenvalue weighted by atomic mass is 9.67. The van der Waals surface area contributed by atoms with Crippen LogP contribution in [0.2, 0.25) is 0 Å². The van der Waals surface area contributed by atoms with Gasteiger partial charge in [-0.2, -0.15) is 0 Å². The molecule has 0 spiro atoms. The molecule has 0 heterocycles. The third-order valence-electron chi connectivity index (χ3n) is 5.67. The predicted molar refractivity (Wildman–Crippen MR) is 83.2 cm³/mol. The van der Waals surface area contributed by atoms with Gasteiger partial charge in [0.1, 0.15) is 0 Å². The highest BCUT2D eigenvalue weighted by Gasteiger charge is 2.40. The van der Waals surface area contributed by atoms with Gasteiger partial charge in [0.25, 0.3) is 0 Å². The average Bonchev–Trinajstić information content (AvgIpc) is 2.28. The number of carbonyl (C=O) groups excluding carboxylic acids is 1. The van der Waals surface area contributed by atoms with Gasteiger partial charge in [-0.25, -0.2) is 0 Å². The Kier molecular flexibility index (Phi) is 4.78. The number of nitrogens with two attached hydrogens (primary N) is 1. The molecule has 0 radical (unpaired) electrons. The standard InChI is InChI=1S/C17H32N2O/c1-11(17(2,3)4)8-15(20)19-16-12-6-5-7-13(16)10-14(18)9-12/h11-14,16H,5-10,18H2,1-4H3,(H,19,20). The van der Waals surface area contributed by atoms with E-state index in [2.05, 4.69) is 33.0 Å². The molecule has 3 atom stereocenters. The van der Waals surface area contributed by atoms with Gasteiger partial charge in [-0.05, 0) is 48.9 Å². The molecule has 3 heteroatoms. The summed E-state index contributed by atoms with van der Waals surface area (Å²) in [6.45, 7) is 8.80. The molecule has 3 N–H and O–H groups in total. The summed E-state index contributed by atoms with van der Waals surface area (Å²) in [6.07, 6.45) is 6.62. The highest BCUT2D eigenvalue weighted by molar-refractivity contribution is 5.76. The molecular weight excluding hydrogens is 248 g/mol. The van der Waals surface area contributed by atoms with Crippen LogP contribution in [-0.4, -0.2) is 18.0 Å². The van der Waals surface area contributed by atoms with E-state index >= 15 is 0 Å². The van der Waals surface area contributed by atoms with E-state index in [9.17, 15) is 4.79 Å². The van der Waals surface area contributed by atoms with E-state index in [1.165, 1.54) is 19.3 Å². The van der Waals surface area contributed by atoms with Crippen LogP contribution in [0.25, 0.3) is 0 Å². The number of carbonyl (C=O) groups is 1. The molecular formula is C17H32N2O. The topological polar surface area (TPSA) is 55.1 Å². The maximum absolute atomic E-state index is 12.3. The smallest absolute Gasteiger partial charge is 0.220 e. The van der Waals surface area contributed by atoms with Crippen LogP contribution in [0.5, 0.6) is 0 Å². The fourth-order valence-electron chi connectivity index (χ4n) is 3.85. The minimum atomic E-state index is 0.197. The Morgan fingerprint density at radius 3 is 2.30 bits per heavy atom. The Hall–Kier alpha value is -0.570. The van der Waals surface area contributed by atoms with Crippen LogP contribution in [0.4, 0.5) is 0 Å². The van der Waals surface area contributed by atoms with Crippen molar-refractivity contribution in [2.45, 2.75) is 78.3 Å². The van der Waals surface area contributed by atoms with Crippen molar-refractivity contribution in [2.24, 2.45) is 28.9 Å². The number of hydrogen-bond acceptors (Lipinski definition) is 2. The first kappa shape index (κ1) is 15.8. The number of hydrogen-bond donors (Lipinski definition) is 2. The molecule has 3 unspecified atom stereocenters. The Bertz CT molecular complexity index is 333. The first-order valence-electron chi connectivity index (χ1n) is 8.32. The molecule has 116 valence electrons. The Balaban J connectivity index is 1.91. The molecule has 3 nitrogen and oxygen atoms in total. The van der Waals surface area contributed by atoms with Crippen molar-refractivity contribution in [3.63, 3.8) is 0 Å². The van der Waals surface area contributed by atoms with Crippen LogP contribution in [-0.2, 0) is 4.79 Å². The first-order valence-corrected chi connectivity index (χ1v) is 8.32. The summed E-state index contributed by atoms with van der Waals surface area (Å²) < 4.78 is 0. The largest absolute Gasteiger partial charge is 0.353 e. The Morgan fingerprint density at radius 2 is 1.80 bits per heavy atom. The second-order valence-corrected chi connectivity index (χ2v) is 8.25. The highest BCUT2D eigenvalue weighted by atomic mass is 16.1. The van der Waals surface area contributed by atoms with Gasteiger partial charge < -0.3 is 11.1 Å². The summed E-state index contributed by atoms with van der Waals surface area (Å²) in [5, 5.41) is 3.35. The number of fused-ring (bicyclic) bond motifs is 2. The van der Waals surface area contributed by atoms with Crippen LogP contribution in [0.15, 0.2) is 0 Å². The molecule has 0 aromatic rings. The fraction of sp³-hybridized carbons (Fsp3) is 0.941. The van der Waals surface area contributed by atoms with Crippen molar-refractivity contribution >= 4 is 5.91 Å². The Morgan fingerprint density at radius 1 is 1.25 bits per heavy atom. The molecule has 0 saturated heterocycles. The normalized spacial score (nSPS) is 35.5. The molecule has 2 rings (SSSR count). The maximum Gasteiger partial charge on any atom is 0.220 e. The second-order valence-electron chi connectivity index (χ2n) is 8.25. The molecule has 0 aliphatic heterocycles. The molecule has 2 aliphatic carbocycles. The molecule has 2 fully saturated rings. The van der Waals surface area contributed by atoms with Gasteiger partial charge in [0, 0.05) is 18.5 Å². The molecule has 20 heavy (non-hydrogen) atoms. The zero-order valence-electron chi connectivity index (χ0n) is 13.6. The van der Waals surface area contributed by atoms with E-state index in [4.69, 9.17) is 5.73 Å². The number of amides is 1. The lowest BCUT2D eigenvalue weighted by Crippen LogP contribution is -2.54. The van der Waals surface area contributed by atoms with Crippen LogP contribution in [0.1, 0.15) is 66.2 Å². The van der Waals surface area contributed by atoms with E-state index in [0.29, 0.717) is 36.3 Å². The summed E-state index contributed by atoms with van der Waals surface area (Å²) in [7, 11) is 0. The minimum Gasteiger partial charge on any atom is -0.353 e. The number of rotatable bonds is 3. The van der Waals surface area contributed by atoms with E-state index in [-0.39, 0.29) is 11.3 Å². The van der Waals surface area contributed by atoms with E-state index < -0.39 is 0 Å². The third kappa shape index (κ3) is 3.75. The lowest BCUT2D eigenvalue weighted by molar-refractivity contribution is -0.125. The zero-order valence-corrected chi connectivity index (χ0v) is 13.6. The second kappa shape index (κ2) is 6.05. The van der Waals surface area contributed by atoms with Gasteiger partial charge in [-0.1, -0.05) is 34.1 Å². The van der Waals surface area contributed by atoms with Crippen LogP contribution in [0, 0.1) is 23.2 Å². The summed E-state index contributed by atoms with van der Waals surface area (Å²) in [6, 6.07) is 0.746. The van der Waals surface area contributed by atoms with Crippen LogP contribution < -0.4 is 11.1 Å². The molecule has 0 aromatic heterocycles. The highest BCUT2D eigenvalue weighted by Crippen LogP contribution is 2.39. The molecule has 2 aliphatic rings. The molecule has 2 bridgehead atoms. The van der Waals surface area contributed by atoms with Gasteiger partial charge in [0.15, 0.2) is 0 Å². The van der Waals surface area contributed by atoms with Crippen molar-refractivity contribution in [3.8, 4) is 0 Å². The molecule has 0 aromatic carbocycles.